The van der Waals surface area contributed by atoms with Crippen molar-refractivity contribution in [2.45, 2.75) is 17.9 Å². The van der Waals surface area contributed by atoms with Gasteiger partial charge in [0.05, 0.1) is 0 Å². The number of nitrogens with two attached hydrogens (primary N) is 1. The van der Waals surface area contributed by atoms with Crippen LogP contribution in [0.5, 0.6) is 0 Å². The minimum absolute atomic E-state index is 0.264. The Morgan fingerprint density at radius 3 is 2.25 bits per heavy atom. The van der Waals surface area contributed by atoms with Gasteiger partial charge in [-0.15, -0.1) is 0 Å². The van der Waals surface area contributed by atoms with Gasteiger partial charge >= 0.3 is 0 Å². The van der Waals surface area contributed by atoms with Crippen LogP contribution in [-0.4, -0.2) is 21.9 Å². The van der Waals surface area contributed by atoms with Crippen molar-refractivity contribution in [3.8, 4) is 0 Å². The Kier molecular flexibility index (Phi) is 3.01. The number of hydrogen-bond donors (Lipinski definition) is 2. The summed E-state index contributed by atoms with van der Waals surface area (Å²) in [7, 11) is 0. The summed E-state index contributed by atoms with van der Waals surface area (Å²) in [6.07, 6.45) is -1.07. The minimum Gasteiger partial charge on any atom is -0.382 e. The van der Waals surface area contributed by atoms with Crippen molar-refractivity contribution in [2.75, 3.05) is 0 Å². The summed E-state index contributed by atoms with van der Waals surface area (Å²) in [5, 5.41) is 8.68. The maximum absolute atomic E-state index is 10.1. The first-order chi connectivity index (χ1) is 3.55. The average molecular weight is 182 g/mol. The number of amides is 1. The zero-order valence-corrected chi connectivity index (χ0v) is 6.05. The lowest BCUT2D eigenvalue weighted by molar-refractivity contribution is -0.125. The maximum Gasteiger partial charge on any atom is 0.247 e. The summed E-state index contributed by atoms with van der Waals surface area (Å²) >= 11 is 2.99. The second-order valence-corrected chi connectivity index (χ2v) is 2.97. The standard InChI is InChI=1S/C4H8BrNO2/c1-2(5)3(7)4(6)8/h2-3,7H,1H3,(H2,6,8)/t2-,3-/m1/s1. The van der Waals surface area contributed by atoms with E-state index in [1.165, 1.54) is 0 Å². The summed E-state index contributed by atoms with van der Waals surface area (Å²) in [4.78, 5) is 9.82. The Morgan fingerprint density at radius 1 is 1.88 bits per heavy atom. The topological polar surface area (TPSA) is 63.3 Å². The fraction of sp³-hybridized carbons (Fsp3) is 0.750. The lowest BCUT2D eigenvalue weighted by Gasteiger charge is -2.06. The largest absolute Gasteiger partial charge is 0.382 e. The molecule has 1 amide bonds. The second kappa shape index (κ2) is 3.04. The van der Waals surface area contributed by atoms with E-state index in [2.05, 4.69) is 15.9 Å². The SMILES string of the molecule is C[C@@H](Br)[C@@H](O)C(N)=O. The molecule has 0 aromatic heterocycles. The number of halogens is 1. The molecule has 0 aliphatic heterocycles. The number of carbonyl (C=O) groups excluding carboxylic acids is 1. The number of rotatable bonds is 2. The van der Waals surface area contributed by atoms with Crippen molar-refractivity contribution in [1.29, 1.82) is 0 Å². The molecule has 0 saturated heterocycles. The van der Waals surface area contributed by atoms with Crippen LogP contribution in [0.25, 0.3) is 0 Å². The summed E-state index contributed by atoms with van der Waals surface area (Å²) in [6, 6.07) is 0. The number of aliphatic hydroxyl groups is 1. The highest BCUT2D eigenvalue weighted by Crippen LogP contribution is 2.02. The molecule has 3 N–H and O–H groups in total. The first-order valence-electron chi connectivity index (χ1n) is 2.17. The first kappa shape index (κ1) is 7.91. The van der Waals surface area contributed by atoms with Gasteiger partial charge in [-0.1, -0.05) is 15.9 Å². The van der Waals surface area contributed by atoms with Gasteiger partial charge in [-0.05, 0) is 6.92 Å². The quantitative estimate of drug-likeness (QED) is 0.571. The van der Waals surface area contributed by atoms with Gasteiger partial charge in [0.15, 0.2) is 0 Å². The Morgan fingerprint density at radius 2 is 2.25 bits per heavy atom. The third kappa shape index (κ3) is 2.28. The van der Waals surface area contributed by atoms with Crippen molar-refractivity contribution >= 4 is 21.8 Å². The average Bonchev–Trinajstić information content (AvgIpc) is 1.64. The van der Waals surface area contributed by atoms with Crippen LogP contribution < -0.4 is 5.73 Å². The number of hydrogen-bond acceptors (Lipinski definition) is 2. The Labute approximate surface area is 56.0 Å². The van der Waals surface area contributed by atoms with Gasteiger partial charge in [0, 0.05) is 4.83 Å². The van der Waals surface area contributed by atoms with Gasteiger partial charge in [0.2, 0.25) is 5.91 Å². The smallest absolute Gasteiger partial charge is 0.247 e. The molecule has 0 aromatic carbocycles. The molecule has 0 fully saturated rings. The zero-order chi connectivity index (χ0) is 6.73. The number of aliphatic hydroxyl groups excluding tert-OH is 1. The normalized spacial score (nSPS) is 17.4. The van der Waals surface area contributed by atoms with Crippen LogP contribution in [0.2, 0.25) is 0 Å². The number of carbonyl (C=O) groups is 1. The molecule has 0 heterocycles. The van der Waals surface area contributed by atoms with E-state index in [0.29, 0.717) is 0 Å². The van der Waals surface area contributed by atoms with Gasteiger partial charge < -0.3 is 10.8 Å². The van der Waals surface area contributed by atoms with Gasteiger partial charge in [-0.25, -0.2) is 0 Å². The lowest BCUT2D eigenvalue weighted by atomic mass is 10.3. The van der Waals surface area contributed by atoms with E-state index in [1.54, 1.807) is 6.92 Å². The van der Waals surface area contributed by atoms with Crippen LogP contribution in [0, 0.1) is 0 Å². The van der Waals surface area contributed by atoms with Crippen LogP contribution in [0.4, 0.5) is 0 Å². The molecule has 0 radical (unpaired) electrons. The van der Waals surface area contributed by atoms with Crippen molar-refractivity contribution in [3.05, 3.63) is 0 Å². The number of primary amides is 1. The number of alkyl halides is 1. The Hall–Kier alpha value is -0.0900. The van der Waals surface area contributed by atoms with Crippen molar-refractivity contribution in [2.24, 2.45) is 5.73 Å². The van der Waals surface area contributed by atoms with Gasteiger partial charge in [0.1, 0.15) is 6.10 Å². The summed E-state index contributed by atoms with van der Waals surface area (Å²) in [5.41, 5.74) is 4.72. The van der Waals surface area contributed by atoms with Crippen molar-refractivity contribution in [1.82, 2.24) is 0 Å². The third-order valence-electron chi connectivity index (χ3n) is 0.727. The summed E-state index contributed by atoms with van der Waals surface area (Å²) < 4.78 is 0. The fourth-order valence-corrected chi connectivity index (χ4v) is 0.487. The Balaban J connectivity index is 3.64. The third-order valence-corrected chi connectivity index (χ3v) is 1.23. The predicted molar refractivity (Wildman–Crippen MR) is 33.6 cm³/mol. The van der Waals surface area contributed by atoms with Gasteiger partial charge in [-0.3, -0.25) is 4.79 Å². The van der Waals surface area contributed by atoms with Crippen LogP contribution in [-0.2, 0) is 4.79 Å². The van der Waals surface area contributed by atoms with E-state index in [9.17, 15) is 4.79 Å². The molecule has 48 valence electrons. The van der Waals surface area contributed by atoms with Gasteiger partial charge in [0.25, 0.3) is 0 Å². The predicted octanol–water partition coefficient (Wildman–Crippen LogP) is -0.384. The molecule has 0 aromatic rings. The van der Waals surface area contributed by atoms with Gasteiger partial charge in [-0.2, -0.15) is 0 Å². The molecule has 0 unspecified atom stereocenters. The molecule has 0 spiro atoms. The molecule has 8 heavy (non-hydrogen) atoms. The highest BCUT2D eigenvalue weighted by molar-refractivity contribution is 9.09. The molecule has 2 atom stereocenters. The van der Waals surface area contributed by atoms with E-state index < -0.39 is 12.0 Å². The van der Waals surface area contributed by atoms with E-state index in [-0.39, 0.29) is 4.83 Å². The first-order valence-corrected chi connectivity index (χ1v) is 3.08. The fourth-order valence-electron chi connectivity index (χ4n) is 0.226. The second-order valence-electron chi connectivity index (χ2n) is 1.52. The van der Waals surface area contributed by atoms with Crippen molar-refractivity contribution < 1.29 is 9.90 Å². The molecule has 0 bridgehead atoms. The summed E-state index contributed by atoms with van der Waals surface area (Å²) in [6.45, 7) is 1.65. The maximum atomic E-state index is 10.1. The molecular weight excluding hydrogens is 174 g/mol. The van der Waals surface area contributed by atoms with Crippen LogP contribution in [0.1, 0.15) is 6.92 Å². The molecule has 0 rings (SSSR count). The van der Waals surface area contributed by atoms with E-state index in [4.69, 9.17) is 10.8 Å². The molecule has 0 saturated carbocycles. The highest BCUT2D eigenvalue weighted by atomic mass is 79.9. The molecule has 4 heteroatoms. The van der Waals surface area contributed by atoms with Crippen LogP contribution >= 0.6 is 15.9 Å². The monoisotopic (exact) mass is 181 g/mol. The Bertz CT molecular complexity index is 94.0. The zero-order valence-electron chi connectivity index (χ0n) is 4.47. The lowest BCUT2D eigenvalue weighted by Crippen LogP contribution is -2.33. The minimum atomic E-state index is -1.07. The highest BCUT2D eigenvalue weighted by Gasteiger charge is 2.15. The van der Waals surface area contributed by atoms with E-state index >= 15 is 0 Å². The molecule has 3 nitrogen and oxygen atoms in total. The molecule has 0 aliphatic rings. The van der Waals surface area contributed by atoms with E-state index in [0.717, 1.165) is 0 Å². The van der Waals surface area contributed by atoms with Crippen LogP contribution in [0.3, 0.4) is 0 Å². The van der Waals surface area contributed by atoms with E-state index in [1.807, 2.05) is 0 Å². The molecular formula is C4H8BrNO2. The molecule has 0 aliphatic carbocycles. The summed E-state index contributed by atoms with van der Waals surface area (Å²) in [5.74, 6) is -0.700. The van der Waals surface area contributed by atoms with Crippen molar-refractivity contribution in [3.63, 3.8) is 0 Å². The van der Waals surface area contributed by atoms with Crippen LogP contribution in [0.15, 0.2) is 0 Å².